The fourth-order valence-electron chi connectivity index (χ4n) is 10.8. The van der Waals surface area contributed by atoms with Gasteiger partial charge in [0.1, 0.15) is 24.4 Å². The van der Waals surface area contributed by atoms with Gasteiger partial charge in [-0.05, 0) is 111 Å². The summed E-state index contributed by atoms with van der Waals surface area (Å²) >= 11 is 0. The summed E-state index contributed by atoms with van der Waals surface area (Å²) in [5.74, 6) is 3.31. The van der Waals surface area contributed by atoms with Gasteiger partial charge in [0.05, 0.1) is 18.8 Å². The summed E-state index contributed by atoms with van der Waals surface area (Å²) in [5.41, 5.74) is 1.72. The highest BCUT2D eigenvalue weighted by Gasteiger charge is 2.62. The van der Waals surface area contributed by atoms with Gasteiger partial charge in [0.25, 0.3) is 0 Å². The fraction of sp³-hybridized carbons (Fsp3) is 0.939. The van der Waals surface area contributed by atoms with Gasteiger partial charge in [-0.15, -0.1) is 0 Å². The number of aliphatic hydroxyl groups excluding tert-OH is 5. The van der Waals surface area contributed by atoms with E-state index in [9.17, 15) is 25.5 Å². The first-order valence-corrected chi connectivity index (χ1v) is 16.5. The van der Waals surface area contributed by atoms with Crippen molar-refractivity contribution in [2.75, 3.05) is 13.2 Å². The Kier molecular flexibility index (Phi) is 8.47. The molecular weight excluding hydrogens is 522 g/mol. The summed E-state index contributed by atoms with van der Waals surface area (Å²) in [6.07, 6.45) is 5.37. The lowest BCUT2D eigenvalue weighted by atomic mass is 9.47. The standard InChI is InChI=1S/C33H55NO7/c1-17-5-8-24(34-15-17)18(2)27-25(36)14-23-21-7-6-19-13-20(9-11-32(19,3)22(21)10-12-33(23,27)4)40-31-30(39)29(38)28(37)26(16-35)41-31/h6,17-18,20-31,34-39H,5,7-16H2,1-4H3/t17-,18+,20-,21+,22-,23-,24+,25+,26-,27-,28-,29+,30-,31-,32-,33-/m0/s1. The van der Waals surface area contributed by atoms with Gasteiger partial charge >= 0.3 is 0 Å². The van der Waals surface area contributed by atoms with Crippen LogP contribution in [0.4, 0.5) is 0 Å². The highest BCUT2D eigenvalue weighted by Crippen LogP contribution is 2.67. The van der Waals surface area contributed by atoms with Crippen LogP contribution in [0.5, 0.6) is 0 Å². The first kappa shape index (κ1) is 30.4. The van der Waals surface area contributed by atoms with E-state index in [1.54, 1.807) is 0 Å². The largest absolute Gasteiger partial charge is 0.394 e. The molecule has 8 heteroatoms. The maximum atomic E-state index is 11.6. The second-order valence-corrected chi connectivity index (χ2v) is 15.4. The van der Waals surface area contributed by atoms with Crippen molar-refractivity contribution in [1.82, 2.24) is 5.32 Å². The van der Waals surface area contributed by atoms with E-state index in [4.69, 9.17) is 9.47 Å². The average Bonchev–Trinajstić information content (AvgIpc) is 3.23. The van der Waals surface area contributed by atoms with Crippen LogP contribution in [0.1, 0.15) is 85.5 Å². The number of hydrogen-bond acceptors (Lipinski definition) is 8. The predicted octanol–water partition coefficient (Wildman–Crippen LogP) is 2.75. The van der Waals surface area contributed by atoms with Gasteiger partial charge in [-0.1, -0.05) is 39.3 Å². The molecule has 0 unspecified atom stereocenters. The van der Waals surface area contributed by atoms with Gasteiger partial charge in [0.15, 0.2) is 6.29 Å². The SMILES string of the molecule is C[C@H]1CC[C@H]([C@@H](C)[C@H]2[C@H](O)C[C@H]3[C@@H]4CC=C5C[C@@H](O[C@H]6O[C@@H](CO)[C@H](O)[C@@H](O)[C@@H]6O)CC[C@]5(C)[C@H]4CC[C@]23C)NC1. The number of nitrogens with one attached hydrogen (secondary N) is 1. The number of rotatable bonds is 5. The summed E-state index contributed by atoms with van der Waals surface area (Å²) in [5, 5.41) is 55.8. The van der Waals surface area contributed by atoms with Crippen molar-refractivity contribution >= 4 is 0 Å². The van der Waals surface area contributed by atoms with Crippen molar-refractivity contribution in [3.8, 4) is 0 Å². The molecule has 0 spiro atoms. The molecule has 0 amide bonds. The Morgan fingerprint density at radius 2 is 1.80 bits per heavy atom. The molecule has 6 aliphatic rings. The minimum absolute atomic E-state index is 0.106. The van der Waals surface area contributed by atoms with Crippen LogP contribution < -0.4 is 5.32 Å². The van der Waals surface area contributed by atoms with E-state index >= 15 is 0 Å². The van der Waals surface area contributed by atoms with E-state index in [1.165, 1.54) is 31.3 Å². The van der Waals surface area contributed by atoms with Crippen molar-refractivity contribution in [3.05, 3.63) is 11.6 Å². The van der Waals surface area contributed by atoms with Gasteiger partial charge in [-0.25, -0.2) is 0 Å². The lowest BCUT2D eigenvalue weighted by Gasteiger charge is -2.58. The Bertz CT molecular complexity index is 967. The van der Waals surface area contributed by atoms with Gasteiger partial charge < -0.3 is 40.3 Å². The number of ether oxygens (including phenoxy) is 2. The molecule has 0 aromatic heterocycles. The Hall–Kier alpha value is -0.580. The monoisotopic (exact) mass is 577 g/mol. The van der Waals surface area contributed by atoms with Crippen molar-refractivity contribution in [2.24, 2.45) is 46.3 Å². The van der Waals surface area contributed by atoms with Gasteiger partial charge in [0, 0.05) is 6.04 Å². The molecule has 41 heavy (non-hydrogen) atoms. The second kappa shape index (κ2) is 11.4. The average molecular weight is 578 g/mol. The zero-order chi connectivity index (χ0) is 29.3. The van der Waals surface area contributed by atoms with Crippen LogP contribution >= 0.6 is 0 Å². The third-order valence-electron chi connectivity index (χ3n) is 13.2. The van der Waals surface area contributed by atoms with Crippen LogP contribution in [0, 0.1) is 46.3 Å². The molecule has 2 heterocycles. The minimum atomic E-state index is -1.42. The summed E-state index contributed by atoms with van der Waals surface area (Å²) in [4.78, 5) is 0. The van der Waals surface area contributed by atoms with Crippen LogP contribution in [-0.4, -0.2) is 87.6 Å². The van der Waals surface area contributed by atoms with E-state index in [0.29, 0.717) is 35.6 Å². The molecule has 6 rings (SSSR count). The zero-order valence-corrected chi connectivity index (χ0v) is 25.5. The lowest BCUT2D eigenvalue weighted by Crippen LogP contribution is -2.60. The van der Waals surface area contributed by atoms with Gasteiger partial charge in [-0.3, -0.25) is 0 Å². The van der Waals surface area contributed by atoms with Crippen LogP contribution in [0.25, 0.3) is 0 Å². The van der Waals surface area contributed by atoms with Crippen molar-refractivity contribution in [3.63, 3.8) is 0 Å². The number of hydrogen-bond donors (Lipinski definition) is 6. The fourth-order valence-corrected chi connectivity index (χ4v) is 10.8. The van der Waals surface area contributed by atoms with Crippen LogP contribution in [-0.2, 0) is 9.47 Å². The molecule has 0 aromatic carbocycles. The van der Waals surface area contributed by atoms with Gasteiger partial charge in [0.2, 0.25) is 0 Å². The molecule has 0 radical (unpaired) electrons. The van der Waals surface area contributed by atoms with E-state index in [1.807, 2.05) is 0 Å². The van der Waals surface area contributed by atoms with Crippen LogP contribution in [0.15, 0.2) is 11.6 Å². The highest BCUT2D eigenvalue weighted by atomic mass is 16.7. The van der Waals surface area contributed by atoms with E-state index in [0.717, 1.165) is 44.6 Å². The van der Waals surface area contributed by atoms with E-state index in [2.05, 4.69) is 39.1 Å². The maximum Gasteiger partial charge on any atom is 0.186 e. The Morgan fingerprint density at radius 1 is 1.02 bits per heavy atom. The topological polar surface area (TPSA) is 132 Å². The summed E-state index contributed by atoms with van der Waals surface area (Å²) in [6.45, 7) is 10.3. The van der Waals surface area contributed by atoms with Crippen molar-refractivity contribution < 1.29 is 35.0 Å². The van der Waals surface area contributed by atoms with E-state index < -0.39 is 37.3 Å². The van der Waals surface area contributed by atoms with Crippen molar-refractivity contribution in [2.45, 2.75) is 134 Å². The molecule has 8 nitrogen and oxygen atoms in total. The third kappa shape index (κ3) is 5.06. The zero-order valence-electron chi connectivity index (χ0n) is 25.5. The van der Waals surface area contributed by atoms with Crippen LogP contribution in [0.3, 0.4) is 0 Å². The summed E-state index contributed by atoms with van der Waals surface area (Å²) < 4.78 is 11.8. The molecule has 16 atom stereocenters. The molecule has 5 fully saturated rings. The maximum absolute atomic E-state index is 11.6. The summed E-state index contributed by atoms with van der Waals surface area (Å²) in [7, 11) is 0. The molecule has 2 aliphatic heterocycles. The highest BCUT2D eigenvalue weighted by molar-refractivity contribution is 5.26. The second-order valence-electron chi connectivity index (χ2n) is 15.4. The van der Waals surface area contributed by atoms with Crippen molar-refractivity contribution in [1.29, 1.82) is 0 Å². The third-order valence-corrected chi connectivity index (χ3v) is 13.2. The Labute approximate surface area is 245 Å². The number of allylic oxidation sites excluding steroid dienone is 1. The molecule has 6 N–H and O–H groups in total. The first-order valence-electron chi connectivity index (χ1n) is 16.5. The molecule has 2 saturated heterocycles. The Morgan fingerprint density at radius 3 is 2.51 bits per heavy atom. The predicted molar refractivity (Wildman–Crippen MR) is 155 cm³/mol. The molecule has 0 bridgehead atoms. The van der Waals surface area contributed by atoms with Crippen LogP contribution in [0.2, 0.25) is 0 Å². The molecule has 3 saturated carbocycles. The number of piperidine rings is 1. The molecule has 234 valence electrons. The smallest absolute Gasteiger partial charge is 0.186 e. The molecular formula is C33H55NO7. The first-order chi connectivity index (χ1) is 19.5. The summed E-state index contributed by atoms with van der Waals surface area (Å²) in [6, 6.07) is 0.508. The molecule has 4 aliphatic carbocycles. The van der Waals surface area contributed by atoms with Gasteiger partial charge in [-0.2, -0.15) is 0 Å². The lowest BCUT2D eigenvalue weighted by molar-refractivity contribution is -0.313. The minimum Gasteiger partial charge on any atom is -0.394 e. The molecule has 0 aromatic rings. The van der Waals surface area contributed by atoms with E-state index in [-0.39, 0.29) is 23.0 Å². The Balaban J connectivity index is 1.15. The number of fused-ring (bicyclic) bond motifs is 5. The normalized spacial score (nSPS) is 54.5. The quantitative estimate of drug-likeness (QED) is 0.275. The number of aliphatic hydroxyl groups is 5.